The van der Waals surface area contributed by atoms with E-state index >= 15 is 0 Å². The molecule has 1 aliphatic heterocycles. The highest BCUT2D eigenvalue weighted by molar-refractivity contribution is 5.98. The first-order chi connectivity index (χ1) is 13.9. The number of hydrogen-bond donors (Lipinski definition) is 2. The molecule has 6 nitrogen and oxygen atoms in total. The molecule has 1 amide bonds. The van der Waals surface area contributed by atoms with Crippen LogP contribution in [0.3, 0.4) is 0 Å². The molecule has 1 unspecified atom stereocenters. The fraction of sp³-hybridized carbons (Fsp3) is 0.478. The van der Waals surface area contributed by atoms with Gasteiger partial charge < -0.3 is 19.5 Å². The molecule has 0 aliphatic carbocycles. The van der Waals surface area contributed by atoms with E-state index in [-0.39, 0.29) is 17.8 Å². The van der Waals surface area contributed by atoms with Gasteiger partial charge in [0.25, 0.3) is 5.91 Å². The molecule has 1 saturated heterocycles. The van der Waals surface area contributed by atoms with Gasteiger partial charge in [-0.15, -0.1) is 0 Å². The first-order valence-electron chi connectivity index (χ1n) is 10.3. The van der Waals surface area contributed by atoms with E-state index in [0.29, 0.717) is 12.1 Å². The second kappa shape index (κ2) is 9.37. The third kappa shape index (κ3) is 5.14. The fourth-order valence-electron chi connectivity index (χ4n) is 4.05. The van der Waals surface area contributed by atoms with Gasteiger partial charge in [-0.25, -0.2) is 0 Å². The average molecular weight is 399 g/mol. The van der Waals surface area contributed by atoms with Crippen molar-refractivity contribution < 1.29 is 19.2 Å². The zero-order chi connectivity index (χ0) is 21.0. The molecule has 1 aromatic heterocycles. The number of carbonyl (C=O) groups is 2. The van der Waals surface area contributed by atoms with E-state index in [0.717, 1.165) is 60.0 Å². The van der Waals surface area contributed by atoms with Crippen LogP contribution >= 0.6 is 0 Å². The molecule has 2 N–H and O–H groups in total. The van der Waals surface area contributed by atoms with Gasteiger partial charge in [0.2, 0.25) is 5.78 Å². The molecule has 3 rings (SSSR count). The summed E-state index contributed by atoms with van der Waals surface area (Å²) in [4.78, 5) is 25.7. The molecule has 156 valence electrons. The number of amides is 1. The fourth-order valence-corrected chi connectivity index (χ4v) is 4.05. The number of ketones is 1. The van der Waals surface area contributed by atoms with Crippen molar-refractivity contribution in [2.45, 2.75) is 45.9 Å². The van der Waals surface area contributed by atoms with Crippen LogP contribution in [0.1, 0.15) is 50.5 Å². The number of nitrogens with one attached hydrogen (secondary N) is 2. The Labute approximate surface area is 172 Å². The number of aromatic nitrogens is 1. The van der Waals surface area contributed by atoms with Gasteiger partial charge in [0.05, 0.1) is 13.2 Å². The quantitative estimate of drug-likeness (QED) is 0.663. The highest BCUT2D eigenvalue weighted by Crippen LogP contribution is 2.20. The first kappa shape index (κ1) is 21.3. The van der Waals surface area contributed by atoms with Crippen molar-refractivity contribution in [2.75, 3.05) is 27.2 Å². The maximum atomic E-state index is 12.9. The zero-order valence-electron chi connectivity index (χ0n) is 17.9. The SMILES string of the molecule is CNC(=O)c1ccc(C[NH+](C)CC(=O)c2cc(C)n(C[C@@H]3CCCO3)c2C)cc1. The van der Waals surface area contributed by atoms with E-state index in [1.54, 1.807) is 7.05 Å². The Morgan fingerprint density at radius 3 is 2.59 bits per heavy atom. The van der Waals surface area contributed by atoms with E-state index in [1.165, 1.54) is 0 Å². The van der Waals surface area contributed by atoms with Crippen LogP contribution in [-0.2, 0) is 17.8 Å². The van der Waals surface area contributed by atoms with Crippen LogP contribution in [0.2, 0.25) is 0 Å². The number of benzene rings is 1. The lowest BCUT2D eigenvalue weighted by atomic mass is 10.1. The first-order valence-corrected chi connectivity index (χ1v) is 10.3. The van der Waals surface area contributed by atoms with Gasteiger partial charge in [0.1, 0.15) is 13.1 Å². The Balaban J connectivity index is 1.61. The molecule has 1 aromatic carbocycles. The summed E-state index contributed by atoms with van der Waals surface area (Å²) in [5, 5.41) is 2.62. The maximum absolute atomic E-state index is 12.9. The molecule has 2 aromatic rings. The minimum atomic E-state index is -0.0919. The number of aryl methyl sites for hydroxylation is 1. The number of Topliss-reactive ketones (excluding diaryl/α,β-unsaturated/α-hetero) is 1. The Bertz CT molecular complexity index is 864. The lowest BCUT2D eigenvalue weighted by Crippen LogP contribution is -3.08. The largest absolute Gasteiger partial charge is 0.376 e. The smallest absolute Gasteiger partial charge is 0.251 e. The second-order valence-electron chi connectivity index (χ2n) is 8.04. The summed E-state index contributed by atoms with van der Waals surface area (Å²) in [5.41, 5.74) is 4.71. The minimum Gasteiger partial charge on any atom is -0.376 e. The molecule has 2 atom stereocenters. The zero-order valence-corrected chi connectivity index (χ0v) is 17.9. The van der Waals surface area contributed by atoms with Crippen molar-refractivity contribution in [2.24, 2.45) is 0 Å². The van der Waals surface area contributed by atoms with E-state index in [1.807, 2.05) is 44.3 Å². The maximum Gasteiger partial charge on any atom is 0.251 e. The highest BCUT2D eigenvalue weighted by atomic mass is 16.5. The van der Waals surface area contributed by atoms with Gasteiger partial charge in [-0.3, -0.25) is 9.59 Å². The number of nitrogens with zero attached hydrogens (tertiary/aromatic N) is 1. The highest BCUT2D eigenvalue weighted by Gasteiger charge is 2.22. The molecule has 1 fully saturated rings. The standard InChI is InChI=1S/C23H31N3O3/c1-16-12-21(17(2)26(16)14-20-6-5-11-29-20)22(27)15-25(4)13-18-7-9-19(10-8-18)23(28)24-3/h7-10,12,20H,5-6,11,13-15H2,1-4H3,(H,24,28)/p+1/t20-/m0/s1. The van der Waals surface area contributed by atoms with Gasteiger partial charge in [-0.1, -0.05) is 12.1 Å². The molecule has 0 spiro atoms. The van der Waals surface area contributed by atoms with Gasteiger partial charge in [-0.05, 0) is 44.9 Å². The van der Waals surface area contributed by atoms with Gasteiger partial charge in [-0.2, -0.15) is 0 Å². The van der Waals surface area contributed by atoms with Crippen molar-refractivity contribution in [1.29, 1.82) is 0 Å². The number of carbonyl (C=O) groups excluding carboxylic acids is 2. The van der Waals surface area contributed by atoms with Crippen LogP contribution < -0.4 is 10.2 Å². The Morgan fingerprint density at radius 2 is 1.97 bits per heavy atom. The molecular weight excluding hydrogens is 366 g/mol. The van der Waals surface area contributed by atoms with Crippen LogP contribution in [0.15, 0.2) is 30.3 Å². The third-order valence-corrected chi connectivity index (χ3v) is 5.70. The Kier molecular flexibility index (Phi) is 6.87. The van der Waals surface area contributed by atoms with Crippen LogP contribution in [0.5, 0.6) is 0 Å². The predicted molar refractivity (Wildman–Crippen MR) is 113 cm³/mol. The van der Waals surface area contributed by atoms with E-state index < -0.39 is 0 Å². The molecular formula is C23H32N3O3+. The van der Waals surface area contributed by atoms with E-state index in [9.17, 15) is 9.59 Å². The van der Waals surface area contributed by atoms with Crippen LogP contribution in [0, 0.1) is 13.8 Å². The third-order valence-electron chi connectivity index (χ3n) is 5.70. The predicted octanol–water partition coefficient (Wildman–Crippen LogP) is 1.54. The minimum absolute atomic E-state index is 0.0919. The van der Waals surface area contributed by atoms with Gasteiger partial charge in [0.15, 0.2) is 0 Å². The van der Waals surface area contributed by atoms with E-state index in [4.69, 9.17) is 4.74 Å². The second-order valence-corrected chi connectivity index (χ2v) is 8.04. The molecule has 2 heterocycles. The summed E-state index contributed by atoms with van der Waals surface area (Å²) in [6.07, 6.45) is 2.47. The van der Waals surface area contributed by atoms with Gasteiger partial charge in [0, 0.05) is 48.3 Å². The molecule has 1 aliphatic rings. The van der Waals surface area contributed by atoms with Crippen LogP contribution in [0.25, 0.3) is 0 Å². The van der Waals surface area contributed by atoms with Crippen molar-refractivity contribution in [3.8, 4) is 0 Å². The Morgan fingerprint density at radius 1 is 1.24 bits per heavy atom. The summed E-state index contributed by atoms with van der Waals surface area (Å²) in [6.45, 7) is 6.92. The van der Waals surface area contributed by atoms with Crippen molar-refractivity contribution >= 4 is 11.7 Å². The number of likely N-dealkylation sites (N-methyl/N-ethyl adjacent to an activating group) is 1. The number of ether oxygens (including phenoxy) is 1. The van der Waals surface area contributed by atoms with Crippen molar-refractivity contribution in [3.63, 3.8) is 0 Å². The molecule has 0 bridgehead atoms. The lowest BCUT2D eigenvalue weighted by Gasteiger charge is -2.15. The summed E-state index contributed by atoms with van der Waals surface area (Å²) >= 11 is 0. The number of quaternary nitrogens is 1. The molecule has 0 saturated carbocycles. The topological polar surface area (TPSA) is 64.8 Å². The lowest BCUT2D eigenvalue weighted by molar-refractivity contribution is -0.884. The summed E-state index contributed by atoms with van der Waals surface area (Å²) in [5.74, 6) is 0.0713. The summed E-state index contributed by atoms with van der Waals surface area (Å²) in [7, 11) is 3.65. The Hall–Kier alpha value is -2.44. The average Bonchev–Trinajstić information content (AvgIpc) is 3.31. The molecule has 6 heteroatoms. The van der Waals surface area contributed by atoms with Crippen molar-refractivity contribution in [3.05, 3.63) is 58.4 Å². The van der Waals surface area contributed by atoms with Crippen LogP contribution in [-0.4, -0.2) is 49.6 Å². The molecule has 29 heavy (non-hydrogen) atoms. The normalized spacial score (nSPS) is 17.3. The summed E-state index contributed by atoms with van der Waals surface area (Å²) < 4.78 is 7.98. The van der Waals surface area contributed by atoms with Gasteiger partial charge >= 0.3 is 0 Å². The number of hydrogen-bond acceptors (Lipinski definition) is 3. The van der Waals surface area contributed by atoms with Crippen molar-refractivity contribution in [1.82, 2.24) is 9.88 Å². The van der Waals surface area contributed by atoms with Crippen LogP contribution in [0.4, 0.5) is 0 Å². The molecule has 0 radical (unpaired) electrons. The number of rotatable bonds is 8. The monoisotopic (exact) mass is 398 g/mol. The summed E-state index contributed by atoms with van der Waals surface area (Å²) in [6, 6.07) is 9.56. The van der Waals surface area contributed by atoms with E-state index in [2.05, 4.69) is 16.8 Å².